The van der Waals surface area contributed by atoms with E-state index in [9.17, 15) is 0 Å². The zero-order valence-electron chi connectivity index (χ0n) is 12.2. The predicted molar refractivity (Wildman–Crippen MR) is 90.0 cm³/mol. The van der Waals surface area contributed by atoms with Crippen molar-refractivity contribution in [2.75, 3.05) is 5.88 Å². The number of halogens is 2. The third-order valence-corrected chi connectivity index (χ3v) is 4.83. The lowest BCUT2D eigenvalue weighted by molar-refractivity contribution is 0.353. The van der Waals surface area contributed by atoms with Gasteiger partial charge >= 0.3 is 0 Å². The van der Waals surface area contributed by atoms with Gasteiger partial charge in [0, 0.05) is 10.4 Å². The van der Waals surface area contributed by atoms with Crippen LogP contribution in [0.25, 0.3) is 0 Å². The molecule has 1 aromatic carbocycles. The van der Waals surface area contributed by atoms with Gasteiger partial charge in [0.25, 0.3) is 0 Å². The number of rotatable bonds is 9. The van der Waals surface area contributed by atoms with E-state index in [1.165, 1.54) is 37.7 Å². The molecule has 0 aliphatic heterocycles. The largest absolute Gasteiger partial charge is 0.126 e. The first-order valence-corrected chi connectivity index (χ1v) is 8.82. The average molecular weight is 346 g/mol. The molecular weight excluding hydrogens is 320 g/mol. The average Bonchev–Trinajstić information content (AvgIpc) is 2.44. The summed E-state index contributed by atoms with van der Waals surface area (Å²) in [6.45, 7) is 4.58. The van der Waals surface area contributed by atoms with Crippen LogP contribution < -0.4 is 0 Å². The molecule has 1 rings (SSSR count). The second kappa shape index (κ2) is 9.83. The molecule has 0 aromatic heterocycles. The molecule has 1 aromatic rings. The highest BCUT2D eigenvalue weighted by atomic mass is 79.9. The molecule has 0 amide bonds. The van der Waals surface area contributed by atoms with Crippen LogP contribution >= 0.6 is 27.5 Å². The molecule has 0 fully saturated rings. The molecule has 0 radical (unpaired) electrons. The Balaban J connectivity index is 2.49. The maximum Gasteiger partial charge on any atom is 0.0255 e. The second-order valence-corrected chi connectivity index (χ2v) is 6.73. The SMILES string of the molecule is CCCCC(CC)CC(CCl)Cc1ccc(Br)cc1. The van der Waals surface area contributed by atoms with Crippen LogP contribution in [0.1, 0.15) is 51.5 Å². The Morgan fingerprint density at radius 3 is 2.32 bits per heavy atom. The van der Waals surface area contributed by atoms with Crippen molar-refractivity contribution in [3.8, 4) is 0 Å². The summed E-state index contributed by atoms with van der Waals surface area (Å²) in [6.07, 6.45) is 7.68. The summed E-state index contributed by atoms with van der Waals surface area (Å²) in [5.74, 6) is 2.24. The van der Waals surface area contributed by atoms with Crippen LogP contribution in [-0.2, 0) is 6.42 Å². The summed E-state index contributed by atoms with van der Waals surface area (Å²) in [6, 6.07) is 8.65. The number of alkyl halides is 1. The van der Waals surface area contributed by atoms with Crippen molar-refractivity contribution in [3.63, 3.8) is 0 Å². The first-order valence-electron chi connectivity index (χ1n) is 7.49. The van der Waals surface area contributed by atoms with E-state index in [1.54, 1.807) is 0 Å². The van der Waals surface area contributed by atoms with Gasteiger partial charge in [-0.05, 0) is 42.4 Å². The zero-order chi connectivity index (χ0) is 14.1. The van der Waals surface area contributed by atoms with Crippen LogP contribution in [0.3, 0.4) is 0 Å². The molecular formula is C17H26BrCl. The maximum atomic E-state index is 6.17. The van der Waals surface area contributed by atoms with Crippen molar-refractivity contribution in [3.05, 3.63) is 34.3 Å². The fourth-order valence-electron chi connectivity index (χ4n) is 2.61. The van der Waals surface area contributed by atoms with Gasteiger partial charge in [0.15, 0.2) is 0 Å². The second-order valence-electron chi connectivity index (χ2n) is 5.50. The highest BCUT2D eigenvalue weighted by molar-refractivity contribution is 9.10. The monoisotopic (exact) mass is 344 g/mol. The highest BCUT2D eigenvalue weighted by Gasteiger charge is 2.15. The van der Waals surface area contributed by atoms with E-state index >= 15 is 0 Å². The minimum absolute atomic E-state index is 0.615. The van der Waals surface area contributed by atoms with Gasteiger partial charge in [0.1, 0.15) is 0 Å². The van der Waals surface area contributed by atoms with Crippen LogP contribution in [0.4, 0.5) is 0 Å². The Bertz CT molecular complexity index is 334. The molecule has 0 bridgehead atoms. The van der Waals surface area contributed by atoms with Crippen molar-refractivity contribution in [2.24, 2.45) is 11.8 Å². The molecule has 0 nitrogen and oxygen atoms in total. The van der Waals surface area contributed by atoms with Crippen LogP contribution in [0.15, 0.2) is 28.7 Å². The summed E-state index contributed by atoms with van der Waals surface area (Å²) in [7, 11) is 0. The summed E-state index contributed by atoms with van der Waals surface area (Å²) in [5, 5.41) is 0. The molecule has 2 heteroatoms. The summed E-state index contributed by atoms with van der Waals surface area (Å²) >= 11 is 9.66. The molecule has 19 heavy (non-hydrogen) atoms. The third-order valence-electron chi connectivity index (χ3n) is 3.87. The summed E-state index contributed by atoms with van der Waals surface area (Å²) < 4.78 is 1.15. The normalized spacial score (nSPS) is 14.3. The van der Waals surface area contributed by atoms with Gasteiger partial charge in [-0.2, -0.15) is 0 Å². The van der Waals surface area contributed by atoms with Crippen molar-refractivity contribution in [1.29, 1.82) is 0 Å². The van der Waals surface area contributed by atoms with Crippen molar-refractivity contribution in [1.82, 2.24) is 0 Å². The maximum absolute atomic E-state index is 6.17. The van der Waals surface area contributed by atoms with E-state index in [0.29, 0.717) is 5.92 Å². The zero-order valence-corrected chi connectivity index (χ0v) is 14.5. The Labute approximate surface area is 132 Å². The molecule has 2 atom stereocenters. The van der Waals surface area contributed by atoms with Crippen molar-refractivity contribution < 1.29 is 0 Å². The number of benzene rings is 1. The van der Waals surface area contributed by atoms with Gasteiger partial charge in [-0.3, -0.25) is 0 Å². The van der Waals surface area contributed by atoms with Gasteiger partial charge < -0.3 is 0 Å². The number of hydrogen-bond donors (Lipinski definition) is 0. The molecule has 0 spiro atoms. The van der Waals surface area contributed by atoms with Gasteiger partial charge in [0.2, 0.25) is 0 Å². The van der Waals surface area contributed by atoms with Crippen LogP contribution in [0, 0.1) is 11.8 Å². The molecule has 2 unspecified atom stereocenters. The van der Waals surface area contributed by atoms with Crippen molar-refractivity contribution in [2.45, 2.75) is 52.4 Å². The fourth-order valence-corrected chi connectivity index (χ4v) is 3.11. The van der Waals surface area contributed by atoms with Gasteiger partial charge in [0.05, 0.1) is 0 Å². The van der Waals surface area contributed by atoms with E-state index in [1.807, 2.05) is 0 Å². The lowest BCUT2D eigenvalue weighted by atomic mass is 9.86. The molecule has 0 N–H and O–H groups in total. The molecule has 0 aliphatic rings. The Hall–Kier alpha value is -0.0100. The van der Waals surface area contributed by atoms with Crippen LogP contribution in [0.5, 0.6) is 0 Å². The standard InChI is InChI=1S/C17H26BrCl/c1-3-5-6-14(4-2)11-16(13-19)12-15-7-9-17(18)10-8-15/h7-10,14,16H,3-6,11-13H2,1-2H3. The number of unbranched alkanes of at least 4 members (excludes halogenated alkanes) is 1. The molecule has 0 saturated heterocycles. The predicted octanol–water partition coefficient (Wildman–Crippen LogP) is 6.45. The quantitative estimate of drug-likeness (QED) is 0.451. The fraction of sp³-hybridized carbons (Fsp3) is 0.647. The van der Waals surface area contributed by atoms with Crippen LogP contribution in [0.2, 0.25) is 0 Å². The topological polar surface area (TPSA) is 0 Å². The molecule has 108 valence electrons. The smallest absolute Gasteiger partial charge is 0.0255 e. The molecule has 0 heterocycles. The lowest BCUT2D eigenvalue weighted by Crippen LogP contribution is -2.13. The van der Waals surface area contributed by atoms with E-state index < -0.39 is 0 Å². The van der Waals surface area contributed by atoms with E-state index in [0.717, 1.165) is 22.7 Å². The first kappa shape index (κ1) is 17.0. The van der Waals surface area contributed by atoms with E-state index in [2.05, 4.69) is 54.0 Å². The van der Waals surface area contributed by atoms with E-state index in [4.69, 9.17) is 11.6 Å². The Morgan fingerprint density at radius 1 is 1.11 bits per heavy atom. The first-order chi connectivity index (χ1) is 9.19. The third kappa shape index (κ3) is 6.81. The summed E-state index contributed by atoms with van der Waals surface area (Å²) in [5.41, 5.74) is 1.40. The lowest BCUT2D eigenvalue weighted by Gasteiger charge is -2.21. The molecule has 0 aliphatic carbocycles. The van der Waals surface area contributed by atoms with Crippen molar-refractivity contribution >= 4 is 27.5 Å². The van der Waals surface area contributed by atoms with Gasteiger partial charge in [-0.25, -0.2) is 0 Å². The Morgan fingerprint density at radius 2 is 1.79 bits per heavy atom. The Kier molecular flexibility index (Phi) is 8.81. The van der Waals surface area contributed by atoms with E-state index in [-0.39, 0.29) is 0 Å². The van der Waals surface area contributed by atoms with Gasteiger partial charge in [-0.15, -0.1) is 11.6 Å². The number of hydrogen-bond acceptors (Lipinski definition) is 0. The highest BCUT2D eigenvalue weighted by Crippen LogP contribution is 2.25. The minimum atomic E-state index is 0.615. The molecule has 0 saturated carbocycles. The van der Waals surface area contributed by atoms with Crippen LogP contribution in [-0.4, -0.2) is 5.88 Å². The van der Waals surface area contributed by atoms with Gasteiger partial charge in [-0.1, -0.05) is 67.6 Å². The summed E-state index contributed by atoms with van der Waals surface area (Å²) in [4.78, 5) is 0. The minimum Gasteiger partial charge on any atom is -0.126 e.